The standard InChI is InChI=1S/C14H25I/c1-10-3-5-12(6-4-10)13-7-8-14(15)11(2)9-13/h10-14H,3-9H2,1-2H3. The van der Waals surface area contributed by atoms with E-state index in [2.05, 4.69) is 36.4 Å². The third kappa shape index (κ3) is 3.10. The van der Waals surface area contributed by atoms with Crippen LogP contribution in [0.1, 0.15) is 58.8 Å². The highest BCUT2D eigenvalue weighted by Crippen LogP contribution is 2.43. The van der Waals surface area contributed by atoms with Crippen molar-refractivity contribution in [2.24, 2.45) is 23.7 Å². The van der Waals surface area contributed by atoms with Gasteiger partial charge in [0, 0.05) is 3.92 Å². The van der Waals surface area contributed by atoms with Crippen molar-refractivity contribution in [2.45, 2.75) is 62.7 Å². The number of halogens is 1. The number of rotatable bonds is 1. The summed E-state index contributed by atoms with van der Waals surface area (Å²) in [6, 6.07) is 0. The molecule has 2 fully saturated rings. The summed E-state index contributed by atoms with van der Waals surface area (Å²) in [5, 5.41) is 0. The van der Waals surface area contributed by atoms with E-state index in [0.29, 0.717) is 0 Å². The smallest absolute Gasteiger partial charge is 0.0135 e. The van der Waals surface area contributed by atoms with Crippen molar-refractivity contribution >= 4 is 22.6 Å². The molecule has 0 aromatic rings. The number of hydrogen-bond donors (Lipinski definition) is 0. The molecule has 0 saturated heterocycles. The Labute approximate surface area is 109 Å². The van der Waals surface area contributed by atoms with Crippen LogP contribution in [0.2, 0.25) is 0 Å². The van der Waals surface area contributed by atoms with Crippen molar-refractivity contribution in [1.29, 1.82) is 0 Å². The van der Waals surface area contributed by atoms with Gasteiger partial charge in [0.1, 0.15) is 0 Å². The lowest BCUT2D eigenvalue weighted by Crippen LogP contribution is -2.29. The topological polar surface area (TPSA) is 0 Å². The summed E-state index contributed by atoms with van der Waals surface area (Å²) in [5.41, 5.74) is 0. The van der Waals surface area contributed by atoms with E-state index in [1.54, 1.807) is 0 Å². The van der Waals surface area contributed by atoms with Gasteiger partial charge in [-0.3, -0.25) is 0 Å². The zero-order chi connectivity index (χ0) is 10.8. The van der Waals surface area contributed by atoms with Gasteiger partial charge < -0.3 is 0 Å². The van der Waals surface area contributed by atoms with Crippen LogP contribution in [0, 0.1) is 23.7 Å². The van der Waals surface area contributed by atoms with Crippen molar-refractivity contribution in [3.05, 3.63) is 0 Å². The van der Waals surface area contributed by atoms with Crippen LogP contribution in [0.15, 0.2) is 0 Å². The first-order valence-corrected chi connectivity index (χ1v) is 8.05. The van der Waals surface area contributed by atoms with Crippen LogP contribution >= 0.6 is 22.6 Å². The average molecular weight is 320 g/mol. The van der Waals surface area contributed by atoms with Gasteiger partial charge in [0.25, 0.3) is 0 Å². The van der Waals surface area contributed by atoms with E-state index in [1.165, 1.54) is 44.9 Å². The maximum absolute atomic E-state index is 2.67. The minimum absolute atomic E-state index is 0.960. The molecular weight excluding hydrogens is 295 g/mol. The summed E-state index contributed by atoms with van der Waals surface area (Å²) in [6.45, 7) is 4.90. The Hall–Kier alpha value is 0.730. The lowest BCUT2D eigenvalue weighted by molar-refractivity contribution is 0.154. The first-order chi connectivity index (χ1) is 7.16. The first kappa shape index (κ1) is 12.2. The molecule has 0 N–H and O–H groups in total. The summed E-state index contributed by atoms with van der Waals surface area (Å²) >= 11 is 2.67. The Bertz CT molecular complexity index is 194. The van der Waals surface area contributed by atoms with Gasteiger partial charge >= 0.3 is 0 Å². The third-order valence-corrected chi connectivity index (χ3v) is 6.68. The van der Waals surface area contributed by atoms with Crippen LogP contribution in [0.4, 0.5) is 0 Å². The van der Waals surface area contributed by atoms with E-state index >= 15 is 0 Å². The SMILES string of the molecule is CC1CCC(C2CCC(I)C(C)C2)CC1. The molecule has 0 bridgehead atoms. The predicted molar refractivity (Wildman–Crippen MR) is 75.4 cm³/mol. The molecule has 88 valence electrons. The van der Waals surface area contributed by atoms with Gasteiger partial charge in [-0.2, -0.15) is 0 Å². The van der Waals surface area contributed by atoms with E-state index in [4.69, 9.17) is 0 Å². The normalized spacial score (nSPS) is 47.8. The molecule has 0 amide bonds. The van der Waals surface area contributed by atoms with Gasteiger partial charge in [0.05, 0.1) is 0 Å². The Morgan fingerprint density at radius 1 is 0.800 bits per heavy atom. The second kappa shape index (κ2) is 5.37. The molecule has 0 aliphatic heterocycles. The van der Waals surface area contributed by atoms with Crippen molar-refractivity contribution < 1.29 is 0 Å². The van der Waals surface area contributed by atoms with Crippen molar-refractivity contribution in [3.8, 4) is 0 Å². The van der Waals surface area contributed by atoms with Gasteiger partial charge in [0.2, 0.25) is 0 Å². The first-order valence-electron chi connectivity index (χ1n) is 6.81. The number of alkyl halides is 1. The van der Waals surface area contributed by atoms with Crippen LogP contribution in [-0.4, -0.2) is 3.92 Å². The highest BCUT2D eigenvalue weighted by atomic mass is 127. The van der Waals surface area contributed by atoms with Gasteiger partial charge in [0.15, 0.2) is 0 Å². The monoisotopic (exact) mass is 320 g/mol. The molecule has 0 aromatic carbocycles. The third-order valence-electron chi connectivity index (χ3n) is 4.83. The second-order valence-electron chi connectivity index (χ2n) is 6.09. The zero-order valence-electron chi connectivity index (χ0n) is 10.2. The molecule has 0 heterocycles. The summed E-state index contributed by atoms with van der Waals surface area (Å²) in [5.74, 6) is 4.16. The van der Waals surface area contributed by atoms with Crippen molar-refractivity contribution in [1.82, 2.24) is 0 Å². The van der Waals surface area contributed by atoms with Crippen molar-refractivity contribution in [2.75, 3.05) is 0 Å². The molecule has 2 rings (SSSR count). The number of hydrogen-bond acceptors (Lipinski definition) is 0. The van der Waals surface area contributed by atoms with Gasteiger partial charge in [-0.25, -0.2) is 0 Å². The summed E-state index contributed by atoms with van der Waals surface area (Å²) < 4.78 is 0.960. The molecular formula is C14H25I. The molecule has 2 saturated carbocycles. The van der Waals surface area contributed by atoms with E-state index < -0.39 is 0 Å². The molecule has 2 aliphatic carbocycles. The molecule has 0 radical (unpaired) electrons. The highest BCUT2D eigenvalue weighted by molar-refractivity contribution is 14.1. The zero-order valence-corrected chi connectivity index (χ0v) is 12.4. The fourth-order valence-corrected chi connectivity index (χ4v) is 4.24. The Morgan fingerprint density at radius 3 is 2.00 bits per heavy atom. The molecule has 0 spiro atoms. The van der Waals surface area contributed by atoms with E-state index in [1.807, 2.05) is 0 Å². The van der Waals surface area contributed by atoms with E-state index in [0.717, 1.165) is 27.6 Å². The fraction of sp³-hybridized carbons (Fsp3) is 1.00. The summed E-state index contributed by atoms with van der Waals surface area (Å²) in [6.07, 6.45) is 10.6. The largest absolute Gasteiger partial charge is 0.0823 e. The quantitative estimate of drug-likeness (QED) is 0.468. The predicted octanol–water partition coefficient (Wildman–Crippen LogP) is 5.05. The molecule has 1 heteroatoms. The van der Waals surface area contributed by atoms with Crippen molar-refractivity contribution in [3.63, 3.8) is 0 Å². The van der Waals surface area contributed by atoms with Gasteiger partial charge in [-0.05, 0) is 55.8 Å². The molecule has 3 atom stereocenters. The molecule has 3 unspecified atom stereocenters. The van der Waals surface area contributed by atoms with Crippen LogP contribution < -0.4 is 0 Å². The second-order valence-corrected chi connectivity index (χ2v) is 7.69. The summed E-state index contributed by atoms with van der Waals surface area (Å²) in [4.78, 5) is 0. The van der Waals surface area contributed by atoms with Crippen LogP contribution in [-0.2, 0) is 0 Å². The van der Waals surface area contributed by atoms with Crippen LogP contribution in [0.25, 0.3) is 0 Å². The van der Waals surface area contributed by atoms with Crippen LogP contribution in [0.5, 0.6) is 0 Å². The highest BCUT2D eigenvalue weighted by Gasteiger charge is 2.32. The maximum Gasteiger partial charge on any atom is 0.0135 e. The molecule has 15 heavy (non-hydrogen) atoms. The Kier molecular flexibility index (Phi) is 4.37. The molecule has 0 aromatic heterocycles. The Balaban J connectivity index is 1.84. The molecule has 2 aliphatic rings. The van der Waals surface area contributed by atoms with Crippen LogP contribution in [0.3, 0.4) is 0 Å². The average Bonchev–Trinajstić information content (AvgIpc) is 2.23. The van der Waals surface area contributed by atoms with E-state index in [-0.39, 0.29) is 0 Å². The fourth-order valence-electron chi connectivity index (χ4n) is 3.59. The minimum Gasteiger partial charge on any atom is -0.0823 e. The lowest BCUT2D eigenvalue weighted by atomic mass is 9.69. The maximum atomic E-state index is 2.67. The van der Waals surface area contributed by atoms with Gasteiger partial charge in [-0.15, -0.1) is 0 Å². The minimum atomic E-state index is 0.960. The molecule has 0 nitrogen and oxygen atoms in total. The van der Waals surface area contributed by atoms with E-state index in [9.17, 15) is 0 Å². The van der Waals surface area contributed by atoms with Gasteiger partial charge in [-0.1, -0.05) is 49.3 Å². The Morgan fingerprint density at radius 2 is 1.40 bits per heavy atom. The summed E-state index contributed by atoms with van der Waals surface area (Å²) in [7, 11) is 0. The lowest BCUT2D eigenvalue weighted by Gasteiger charge is -2.38.